The van der Waals surface area contributed by atoms with E-state index < -0.39 is 0 Å². The second-order valence-corrected chi connectivity index (χ2v) is 5.34. The standard InChI is InChI=1S/C15H21N5/c16-15(19-12-5-1-2-6-12)17-9-8-13-11-20-10-4-3-7-14(20)18-13/h3-4,7,10-12H,1-2,5-6,8-9H2,(H3,16,17,19). The number of nitrogens with zero attached hydrogens (tertiary/aromatic N) is 3. The first-order valence-corrected chi connectivity index (χ1v) is 7.30. The molecule has 1 aliphatic rings. The van der Waals surface area contributed by atoms with Crippen molar-refractivity contribution in [3.05, 3.63) is 36.3 Å². The Labute approximate surface area is 118 Å². The van der Waals surface area contributed by atoms with Gasteiger partial charge in [0.05, 0.1) is 5.69 Å². The molecule has 0 atom stereocenters. The van der Waals surface area contributed by atoms with Crippen molar-refractivity contribution in [2.45, 2.75) is 38.1 Å². The highest BCUT2D eigenvalue weighted by molar-refractivity contribution is 5.78. The second kappa shape index (κ2) is 5.94. The van der Waals surface area contributed by atoms with E-state index in [1.54, 1.807) is 0 Å². The Balaban J connectivity index is 1.53. The number of guanidine groups is 1. The van der Waals surface area contributed by atoms with Gasteiger partial charge in [0.2, 0.25) is 0 Å². The molecular weight excluding hydrogens is 250 g/mol. The van der Waals surface area contributed by atoms with Gasteiger partial charge < -0.3 is 15.5 Å². The number of nitrogens with one attached hydrogen (secondary N) is 1. The van der Waals surface area contributed by atoms with Gasteiger partial charge in [-0.1, -0.05) is 18.9 Å². The minimum Gasteiger partial charge on any atom is -0.370 e. The van der Waals surface area contributed by atoms with Crippen LogP contribution in [0.2, 0.25) is 0 Å². The zero-order chi connectivity index (χ0) is 13.8. The molecule has 2 aromatic rings. The second-order valence-electron chi connectivity index (χ2n) is 5.34. The van der Waals surface area contributed by atoms with Crippen LogP contribution in [0.15, 0.2) is 35.6 Å². The first-order chi connectivity index (χ1) is 9.81. The molecule has 0 aromatic carbocycles. The molecule has 0 saturated heterocycles. The van der Waals surface area contributed by atoms with Gasteiger partial charge in [0.15, 0.2) is 5.96 Å². The van der Waals surface area contributed by atoms with Gasteiger partial charge in [0, 0.05) is 31.4 Å². The molecule has 0 amide bonds. The van der Waals surface area contributed by atoms with E-state index in [0.717, 1.165) is 17.8 Å². The van der Waals surface area contributed by atoms with E-state index in [4.69, 9.17) is 5.73 Å². The zero-order valence-electron chi connectivity index (χ0n) is 11.6. The average molecular weight is 271 g/mol. The lowest BCUT2D eigenvalue weighted by atomic mass is 10.2. The van der Waals surface area contributed by atoms with Gasteiger partial charge in [-0.05, 0) is 25.0 Å². The molecule has 0 bridgehead atoms. The Kier molecular flexibility index (Phi) is 3.85. The molecule has 3 N–H and O–H groups in total. The molecule has 0 aliphatic heterocycles. The summed E-state index contributed by atoms with van der Waals surface area (Å²) in [7, 11) is 0. The smallest absolute Gasteiger partial charge is 0.188 e. The van der Waals surface area contributed by atoms with Crippen LogP contribution in [0.4, 0.5) is 0 Å². The number of nitrogens with two attached hydrogens (primary N) is 1. The third kappa shape index (κ3) is 3.10. The van der Waals surface area contributed by atoms with Crippen molar-refractivity contribution in [3.8, 4) is 0 Å². The fourth-order valence-corrected chi connectivity index (χ4v) is 2.72. The molecule has 20 heavy (non-hydrogen) atoms. The van der Waals surface area contributed by atoms with Crippen LogP contribution in [-0.2, 0) is 6.42 Å². The quantitative estimate of drug-likeness (QED) is 0.657. The Morgan fingerprint density at radius 2 is 2.25 bits per heavy atom. The Morgan fingerprint density at radius 1 is 1.40 bits per heavy atom. The molecule has 0 spiro atoms. The van der Waals surface area contributed by atoms with Crippen LogP contribution in [0.5, 0.6) is 0 Å². The highest BCUT2D eigenvalue weighted by Crippen LogP contribution is 2.17. The number of hydrogen-bond donors (Lipinski definition) is 2. The van der Waals surface area contributed by atoms with Gasteiger partial charge in [0.1, 0.15) is 5.65 Å². The first kappa shape index (κ1) is 13.0. The summed E-state index contributed by atoms with van der Waals surface area (Å²) in [4.78, 5) is 8.93. The largest absolute Gasteiger partial charge is 0.370 e. The van der Waals surface area contributed by atoms with E-state index in [2.05, 4.69) is 15.3 Å². The number of aromatic nitrogens is 2. The van der Waals surface area contributed by atoms with Crippen molar-refractivity contribution in [1.29, 1.82) is 0 Å². The van der Waals surface area contributed by atoms with E-state index in [1.807, 2.05) is 35.0 Å². The maximum Gasteiger partial charge on any atom is 0.188 e. The summed E-state index contributed by atoms with van der Waals surface area (Å²) in [6.07, 6.45) is 9.88. The van der Waals surface area contributed by atoms with Crippen molar-refractivity contribution in [2.75, 3.05) is 6.54 Å². The molecular formula is C15H21N5. The summed E-state index contributed by atoms with van der Waals surface area (Å²) >= 11 is 0. The topological polar surface area (TPSA) is 67.7 Å². The average Bonchev–Trinajstić information content (AvgIpc) is 3.07. The minimum absolute atomic E-state index is 0.522. The lowest BCUT2D eigenvalue weighted by Gasteiger charge is -2.11. The summed E-state index contributed by atoms with van der Waals surface area (Å²) < 4.78 is 2.03. The number of imidazole rings is 1. The van der Waals surface area contributed by atoms with Crippen molar-refractivity contribution in [2.24, 2.45) is 10.7 Å². The summed E-state index contributed by atoms with van der Waals surface area (Å²) in [6.45, 7) is 0.676. The molecule has 2 aromatic heterocycles. The van der Waals surface area contributed by atoms with E-state index in [0.29, 0.717) is 18.5 Å². The van der Waals surface area contributed by atoms with Crippen LogP contribution < -0.4 is 11.1 Å². The molecule has 1 aliphatic carbocycles. The third-order valence-electron chi connectivity index (χ3n) is 3.77. The van der Waals surface area contributed by atoms with Crippen LogP contribution in [0.3, 0.4) is 0 Å². The molecule has 3 rings (SSSR count). The third-order valence-corrected chi connectivity index (χ3v) is 3.77. The van der Waals surface area contributed by atoms with Crippen molar-refractivity contribution < 1.29 is 0 Å². The minimum atomic E-state index is 0.522. The number of rotatable bonds is 4. The van der Waals surface area contributed by atoms with Crippen LogP contribution in [-0.4, -0.2) is 27.9 Å². The molecule has 2 heterocycles. The van der Waals surface area contributed by atoms with Gasteiger partial charge in [-0.15, -0.1) is 0 Å². The maximum absolute atomic E-state index is 5.91. The van der Waals surface area contributed by atoms with E-state index in [9.17, 15) is 0 Å². The van der Waals surface area contributed by atoms with Crippen LogP contribution in [0.1, 0.15) is 31.4 Å². The Morgan fingerprint density at radius 3 is 3.05 bits per heavy atom. The lowest BCUT2D eigenvalue weighted by Crippen LogP contribution is -2.38. The van der Waals surface area contributed by atoms with Gasteiger partial charge in [-0.2, -0.15) is 0 Å². The van der Waals surface area contributed by atoms with Crippen LogP contribution in [0, 0.1) is 0 Å². The maximum atomic E-state index is 5.91. The highest BCUT2D eigenvalue weighted by Gasteiger charge is 2.14. The fraction of sp³-hybridized carbons (Fsp3) is 0.467. The zero-order valence-corrected chi connectivity index (χ0v) is 11.6. The molecule has 5 nitrogen and oxygen atoms in total. The molecule has 0 unspecified atom stereocenters. The van der Waals surface area contributed by atoms with Gasteiger partial charge in [-0.25, -0.2) is 4.98 Å². The summed E-state index contributed by atoms with van der Waals surface area (Å²) in [5, 5.41) is 3.29. The number of fused-ring (bicyclic) bond motifs is 1. The fourth-order valence-electron chi connectivity index (χ4n) is 2.72. The number of pyridine rings is 1. The number of aliphatic imine (C=N–C) groups is 1. The highest BCUT2D eigenvalue weighted by atomic mass is 15.1. The first-order valence-electron chi connectivity index (χ1n) is 7.30. The summed E-state index contributed by atoms with van der Waals surface area (Å²) in [5.41, 5.74) is 7.93. The normalized spacial score (nSPS) is 16.9. The van der Waals surface area contributed by atoms with Gasteiger partial charge in [0.25, 0.3) is 0 Å². The van der Waals surface area contributed by atoms with E-state index in [-0.39, 0.29) is 0 Å². The molecule has 0 radical (unpaired) electrons. The van der Waals surface area contributed by atoms with Crippen molar-refractivity contribution in [1.82, 2.24) is 14.7 Å². The predicted octanol–water partition coefficient (Wildman–Crippen LogP) is 1.72. The molecule has 106 valence electrons. The van der Waals surface area contributed by atoms with Gasteiger partial charge in [-0.3, -0.25) is 4.99 Å². The molecule has 1 saturated carbocycles. The van der Waals surface area contributed by atoms with Crippen molar-refractivity contribution in [3.63, 3.8) is 0 Å². The molecule has 5 heteroatoms. The number of hydrogen-bond acceptors (Lipinski definition) is 2. The SMILES string of the molecule is NC(=NCCc1cn2ccccc2n1)NC1CCCC1. The van der Waals surface area contributed by atoms with E-state index >= 15 is 0 Å². The van der Waals surface area contributed by atoms with E-state index in [1.165, 1.54) is 25.7 Å². The molecule has 1 fully saturated rings. The Bertz CT molecular complexity index is 562. The summed E-state index contributed by atoms with van der Waals surface area (Å²) in [6, 6.07) is 6.52. The van der Waals surface area contributed by atoms with Crippen LogP contribution in [0.25, 0.3) is 5.65 Å². The monoisotopic (exact) mass is 271 g/mol. The van der Waals surface area contributed by atoms with Gasteiger partial charge >= 0.3 is 0 Å². The van der Waals surface area contributed by atoms with Crippen LogP contribution >= 0.6 is 0 Å². The summed E-state index contributed by atoms with van der Waals surface area (Å²) in [5.74, 6) is 0.570. The Hall–Kier alpha value is -2.04. The lowest BCUT2D eigenvalue weighted by molar-refractivity contribution is 0.625. The predicted molar refractivity (Wildman–Crippen MR) is 80.8 cm³/mol. The van der Waals surface area contributed by atoms with Crippen molar-refractivity contribution >= 4 is 11.6 Å².